The topological polar surface area (TPSA) is 60.1 Å². The van der Waals surface area contributed by atoms with Crippen LogP contribution >= 0.6 is 0 Å². The Morgan fingerprint density at radius 2 is 2.21 bits per heavy atom. The van der Waals surface area contributed by atoms with Crippen LogP contribution in [0.5, 0.6) is 0 Å². The molecule has 1 heterocycles. The molecule has 0 aliphatic heterocycles. The second kappa shape index (κ2) is 6.03. The van der Waals surface area contributed by atoms with E-state index in [2.05, 4.69) is 11.1 Å². The van der Waals surface area contributed by atoms with Gasteiger partial charge in [0.2, 0.25) is 0 Å². The Bertz CT molecular complexity index is 491. The third kappa shape index (κ3) is 3.24. The maximum absolute atomic E-state index is 9.35. The molecule has 1 aromatic heterocycles. The van der Waals surface area contributed by atoms with Crippen molar-refractivity contribution in [2.45, 2.75) is 45.1 Å². The summed E-state index contributed by atoms with van der Waals surface area (Å²) in [6.45, 7) is 2.48. The molecule has 0 saturated carbocycles. The molecule has 1 aliphatic carbocycles. The minimum atomic E-state index is -0.328. The molecule has 0 aromatic carbocycles. The van der Waals surface area contributed by atoms with Crippen molar-refractivity contribution in [2.24, 2.45) is 0 Å². The minimum absolute atomic E-state index is 0.328. The minimum Gasteiger partial charge on any atom is -0.393 e. The summed E-state index contributed by atoms with van der Waals surface area (Å²) in [6, 6.07) is 4.24. The highest BCUT2D eigenvalue weighted by molar-refractivity contribution is 5.56. The lowest BCUT2D eigenvalue weighted by Crippen LogP contribution is -2.24. The molecule has 1 atom stereocenters. The summed E-state index contributed by atoms with van der Waals surface area (Å²) in [5.74, 6) is 0.754. The first kappa shape index (κ1) is 13.8. The molecule has 4 nitrogen and oxygen atoms in total. The number of hydrogen-bond acceptors (Lipinski definition) is 4. The van der Waals surface area contributed by atoms with Gasteiger partial charge in [-0.1, -0.05) is 0 Å². The Morgan fingerprint density at radius 1 is 1.47 bits per heavy atom. The summed E-state index contributed by atoms with van der Waals surface area (Å²) in [4.78, 5) is 6.66. The van der Waals surface area contributed by atoms with Gasteiger partial charge in [0.25, 0.3) is 0 Å². The van der Waals surface area contributed by atoms with Crippen LogP contribution in [-0.4, -0.2) is 29.8 Å². The van der Waals surface area contributed by atoms with E-state index >= 15 is 0 Å². The number of fused-ring (bicyclic) bond motifs is 1. The highest BCUT2D eigenvalue weighted by Crippen LogP contribution is 2.26. The summed E-state index contributed by atoms with van der Waals surface area (Å²) in [7, 11) is 1.93. The molecule has 2 rings (SSSR count). The molecule has 0 spiro atoms. The largest absolute Gasteiger partial charge is 0.393 e. The average Bonchev–Trinajstić information content (AvgIpc) is 2.43. The Morgan fingerprint density at radius 3 is 2.89 bits per heavy atom. The number of aliphatic hydroxyl groups is 1. The van der Waals surface area contributed by atoms with Gasteiger partial charge in [-0.15, -0.1) is 0 Å². The lowest BCUT2D eigenvalue weighted by Gasteiger charge is -2.23. The van der Waals surface area contributed by atoms with Crippen molar-refractivity contribution in [2.75, 3.05) is 18.5 Å². The van der Waals surface area contributed by atoms with Gasteiger partial charge >= 0.3 is 0 Å². The van der Waals surface area contributed by atoms with Crippen LogP contribution in [0.3, 0.4) is 0 Å². The number of aryl methyl sites for hydroxylation is 2. The molecule has 102 valence electrons. The van der Waals surface area contributed by atoms with Crippen molar-refractivity contribution in [3.63, 3.8) is 0 Å². The monoisotopic (exact) mass is 259 g/mol. The summed E-state index contributed by atoms with van der Waals surface area (Å²) < 4.78 is 0. The molecule has 19 heavy (non-hydrogen) atoms. The Balaban J connectivity index is 2.26. The number of nitriles is 1. The highest BCUT2D eigenvalue weighted by Gasteiger charge is 2.17. The normalized spacial score (nSPS) is 15.5. The van der Waals surface area contributed by atoms with Crippen LogP contribution < -0.4 is 4.90 Å². The lowest BCUT2D eigenvalue weighted by atomic mass is 9.95. The van der Waals surface area contributed by atoms with Gasteiger partial charge in [0, 0.05) is 19.3 Å². The zero-order valence-electron chi connectivity index (χ0n) is 11.7. The fourth-order valence-electron chi connectivity index (χ4n) is 2.48. The number of pyridine rings is 1. The number of rotatable bonds is 4. The maximum atomic E-state index is 9.35. The first-order valence-corrected chi connectivity index (χ1v) is 6.94. The zero-order valence-corrected chi connectivity index (χ0v) is 11.7. The van der Waals surface area contributed by atoms with E-state index in [1.807, 2.05) is 18.0 Å². The molecule has 0 bridgehead atoms. The number of nitrogens with zero attached hydrogens (tertiary/aromatic N) is 3. The van der Waals surface area contributed by atoms with E-state index in [-0.39, 0.29) is 6.10 Å². The molecule has 0 saturated heterocycles. The maximum Gasteiger partial charge on any atom is 0.146 e. The Labute approximate surface area is 114 Å². The molecular weight excluding hydrogens is 238 g/mol. The fourth-order valence-corrected chi connectivity index (χ4v) is 2.48. The van der Waals surface area contributed by atoms with E-state index in [4.69, 9.17) is 0 Å². The van der Waals surface area contributed by atoms with Gasteiger partial charge in [0.05, 0.1) is 11.7 Å². The van der Waals surface area contributed by atoms with Gasteiger partial charge in [-0.2, -0.15) is 5.26 Å². The van der Waals surface area contributed by atoms with Crippen LogP contribution in [0.4, 0.5) is 5.82 Å². The van der Waals surface area contributed by atoms with Crippen LogP contribution in [0.2, 0.25) is 0 Å². The number of aliphatic hydroxyl groups excluding tert-OH is 1. The summed E-state index contributed by atoms with van der Waals surface area (Å²) in [5, 5.41) is 18.6. The molecule has 0 amide bonds. The van der Waals surface area contributed by atoms with Crippen molar-refractivity contribution in [3.8, 4) is 6.07 Å². The molecule has 0 radical (unpaired) electrons. The Kier molecular flexibility index (Phi) is 4.39. The SMILES string of the molecule is CC(O)CCN(C)c1nc2c(cc1C#N)CCCC2. The average molecular weight is 259 g/mol. The van der Waals surface area contributed by atoms with Crippen molar-refractivity contribution in [1.82, 2.24) is 4.98 Å². The third-order valence-corrected chi connectivity index (χ3v) is 3.65. The lowest BCUT2D eigenvalue weighted by molar-refractivity contribution is 0.187. The molecule has 1 unspecified atom stereocenters. The van der Waals surface area contributed by atoms with E-state index in [1.165, 1.54) is 18.4 Å². The first-order chi connectivity index (χ1) is 9.11. The van der Waals surface area contributed by atoms with Gasteiger partial charge in [0.1, 0.15) is 11.9 Å². The number of aromatic nitrogens is 1. The van der Waals surface area contributed by atoms with Gasteiger partial charge in [-0.05, 0) is 50.7 Å². The second-order valence-electron chi connectivity index (χ2n) is 5.34. The predicted octanol–water partition coefficient (Wildman–Crippen LogP) is 2.04. The fraction of sp³-hybridized carbons (Fsp3) is 0.600. The van der Waals surface area contributed by atoms with Crippen molar-refractivity contribution in [1.29, 1.82) is 5.26 Å². The zero-order chi connectivity index (χ0) is 13.8. The third-order valence-electron chi connectivity index (χ3n) is 3.65. The summed E-state index contributed by atoms with van der Waals surface area (Å²) >= 11 is 0. The van der Waals surface area contributed by atoms with Gasteiger partial charge in [0.15, 0.2) is 0 Å². The van der Waals surface area contributed by atoms with Crippen LogP contribution in [0.1, 0.15) is 43.0 Å². The van der Waals surface area contributed by atoms with Crippen molar-refractivity contribution < 1.29 is 5.11 Å². The Hall–Kier alpha value is -1.60. The quantitative estimate of drug-likeness (QED) is 0.899. The van der Waals surface area contributed by atoms with Crippen molar-refractivity contribution in [3.05, 3.63) is 22.9 Å². The predicted molar refractivity (Wildman–Crippen MR) is 75.2 cm³/mol. The van der Waals surface area contributed by atoms with Crippen molar-refractivity contribution >= 4 is 5.82 Å². The van der Waals surface area contributed by atoms with E-state index < -0.39 is 0 Å². The number of hydrogen-bond donors (Lipinski definition) is 1. The van der Waals surface area contributed by atoms with Crippen LogP contribution in [0.25, 0.3) is 0 Å². The molecule has 1 aromatic rings. The van der Waals surface area contributed by atoms with Gasteiger partial charge in [-0.25, -0.2) is 4.98 Å². The highest BCUT2D eigenvalue weighted by atomic mass is 16.3. The summed E-state index contributed by atoms with van der Waals surface area (Å²) in [6.07, 6.45) is 4.78. The van der Waals surface area contributed by atoms with E-state index in [9.17, 15) is 10.4 Å². The van der Waals surface area contributed by atoms with E-state index in [0.717, 1.165) is 24.4 Å². The van der Waals surface area contributed by atoms with E-state index in [0.29, 0.717) is 18.5 Å². The molecule has 0 fully saturated rings. The van der Waals surface area contributed by atoms with Gasteiger partial charge < -0.3 is 10.0 Å². The molecule has 4 heteroatoms. The van der Waals surface area contributed by atoms with Crippen LogP contribution in [-0.2, 0) is 12.8 Å². The van der Waals surface area contributed by atoms with Crippen LogP contribution in [0.15, 0.2) is 6.07 Å². The molecule has 1 aliphatic rings. The first-order valence-electron chi connectivity index (χ1n) is 6.94. The van der Waals surface area contributed by atoms with Crippen LogP contribution in [0, 0.1) is 11.3 Å². The number of anilines is 1. The smallest absolute Gasteiger partial charge is 0.146 e. The molecule has 1 N–H and O–H groups in total. The van der Waals surface area contributed by atoms with Gasteiger partial charge in [-0.3, -0.25) is 0 Å². The molecular formula is C15H21N3O. The standard InChI is InChI=1S/C15H21N3O/c1-11(19)7-8-18(2)15-13(10-16)9-12-5-3-4-6-14(12)17-15/h9,11,19H,3-8H2,1-2H3. The summed E-state index contributed by atoms with van der Waals surface area (Å²) in [5.41, 5.74) is 3.02. The second-order valence-corrected chi connectivity index (χ2v) is 5.34. The van der Waals surface area contributed by atoms with E-state index in [1.54, 1.807) is 6.92 Å².